The summed E-state index contributed by atoms with van der Waals surface area (Å²) in [5, 5.41) is 23.2. The Balaban J connectivity index is 1.35. The third-order valence-corrected chi connectivity index (χ3v) is 9.99. The third kappa shape index (κ3) is 13.2. The zero-order valence-electron chi connectivity index (χ0n) is 32.1. The summed E-state index contributed by atoms with van der Waals surface area (Å²) in [6.45, 7) is 0.359. The Hall–Kier alpha value is -6.10. The number of carboxylic acids is 1. The molecule has 0 aliphatic rings. The Morgan fingerprint density at radius 2 is 1.03 bits per heavy atom. The van der Waals surface area contributed by atoms with Crippen molar-refractivity contribution in [3.05, 3.63) is 150 Å². The van der Waals surface area contributed by atoms with Gasteiger partial charge in [-0.25, -0.2) is 4.79 Å². The molecular formula is C45H50N5O7P. The summed E-state index contributed by atoms with van der Waals surface area (Å²) < 4.78 is 5.11. The summed E-state index contributed by atoms with van der Waals surface area (Å²) in [6.07, 6.45) is 1.47. The van der Waals surface area contributed by atoms with Crippen molar-refractivity contribution in [3.8, 4) is 5.75 Å². The summed E-state index contributed by atoms with van der Waals surface area (Å²) in [6, 6.07) is 34.1. The molecule has 13 heteroatoms. The van der Waals surface area contributed by atoms with Crippen LogP contribution in [0.1, 0.15) is 41.5 Å². The van der Waals surface area contributed by atoms with E-state index >= 15 is 0 Å². The molecule has 1 unspecified atom stereocenters. The van der Waals surface area contributed by atoms with Crippen molar-refractivity contribution >= 4 is 49.8 Å². The average molecular weight is 804 g/mol. The maximum absolute atomic E-state index is 14.2. The second kappa shape index (κ2) is 22.0. The molecule has 58 heavy (non-hydrogen) atoms. The van der Waals surface area contributed by atoms with Crippen LogP contribution >= 0.6 is 9.47 Å². The molecule has 0 aliphatic carbocycles. The van der Waals surface area contributed by atoms with E-state index in [0.717, 1.165) is 27.5 Å². The van der Waals surface area contributed by atoms with E-state index in [9.17, 15) is 29.1 Å². The van der Waals surface area contributed by atoms with Crippen LogP contribution in [-0.4, -0.2) is 65.4 Å². The van der Waals surface area contributed by atoms with Gasteiger partial charge in [0.2, 0.25) is 23.6 Å². The predicted molar refractivity (Wildman–Crippen MR) is 227 cm³/mol. The van der Waals surface area contributed by atoms with Crippen molar-refractivity contribution in [2.24, 2.45) is 5.73 Å². The molecular weight excluding hydrogens is 753 g/mol. The molecule has 5 rings (SSSR count). The summed E-state index contributed by atoms with van der Waals surface area (Å²) in [4.78, 5) is 68.0. The Morgan fingerprint density at radius 3 is 1.62 bits per heavy atom. The largest absolute Gasteiger partial charge is 0.480 e. The highest BCUT2D eigenvalue weighted by Gasteiger charge is 2.32. The lowest BCUT2D eigenvalue weighted by molar-refractivity contribution is -0.142. The Morgan fingerprint density at radius 1 is 0.552 bits per heavy atom. The first-order chi connectivity index (χ1) is 28.1. The van der Waals surface area contributed by atoms with Crippen LogP contribution in [0, 0.1) is 0 Å². The van der Waals surface area contributed by atoms with E-state index < -0.39 is 47.9 Å². The Kier molecular flexibility index (Phi) is 16.3. The summed E-state index contributed by atoms with van der Waals surface area (Å²) in [5.41, 5.74) is 8.72. The number of unbranched alkanes of at least 4 members (excludes halogenated alkanes) is 1. The molecule has 302 valence electrons. The number of carboxylic acid groups (broad SMARTS) is 1. The van der Waals surface area contributed by atoms with E-state index in [1.54, 1.807) is 24.3 Å². The van der Waals surface area contributed by atoms with Gasteiger partial charge in [0.05, 0.1) is 15.9 Å². The van der Waals surface area contributed by atoms with Crippen molar-refractivity contribution in [1.29, 1.82) is 0 Å². The van der Waals surface area contributed by atoms with Crippen LogP contribution in [0.5, 0.6) is 5.75 Å². The van der Waals surface area contributed by atoms with Gasteiger partial charge < -0.3 is 36.6 Å². The highest BCUT2D eigenvalue weighted by Crippen LogP contribution is 2.18. The van der Waals surface area contributed by atoms with Crippen molar-refractivity contribution < 1.29 is 33.6 Å². The molecule has 0 bridgehead atoms. The second-order valence-electron chi connectivity index (χ2n) is 14.1. The number of amides is 4. The van der Waals surface area contributed by atoms with Gasteiger partial charge in [0.25, 0.3) is 0 Å². The molecule has 0 spiro atoms. The van der Waals surface area contributed by atoms with Crippen molar-refractivity contribution in [2.45, 2.75) is 69.1 Å². The Bertz CT molecular complexity index is 2140. The molecule has 5 atom stereocenters. The summed E-state index contributed by atoms with van der Waals surface area (Å²) in [7, 11) is 2.14. The minimum absolute atomic E-state index is 0.0102. The maximum Gasteiger partial charge on any atom is 0.326 e. The number of aliphatic carboxylic acids is 1. The van der Waals surface area contributed by atoms with Crippen molar-refractivity contribution in [3.63, 3.8) is 0 Å². The number of carbonyl (C=O) groups is 5. The number of nitrogens with two attached hydrogens (primary N) is 1. The molecule has 5 aromatic rings. The minimum Gasteiger partial charge on any atom is -0.480 e. The molecule has 0 aliphatic heterocycles. The Labute approximate surface area is 340 Å². The molecule has 0 heterocycles. The topological polar surface area (TPSA) is 189 Å². The smallest absolute Gasteiger partial charge is 0.326 e. The van der Waals surface area contributed by atoms with E-state index in [0.29, 0.717) is 30.7 Å². The predicted octanol–water partition coefficient (Wildman–Crippen LogP) is 4.43. The lowest BCUT2D eigenvalue weighted by atomic mass is 10.0. The zero-order valence-corrected chi connectivity index (χ0v) is 33.3. The fraction of sp³-hybridized carbons (Fsp3) is 0.267. The molecule has 0 saturated carbocycles. The molecule has 0 saturated heterocycles. The molecule has 0 radical (unpaired) electrons. The van der Waals surface area contributed by atoms with Crippen LogP contribution in [-0.2, 0) is 49.7 Å². The quantitative estimate of drug-likeness (QED) is 0.0464. The van der Waals surface area contributed by atoms with E-state index in [1.165, 1.54) is 0 Å². The monoisotopic (exact) mass is 803 g/mol. The average Bonchev–Trinajstić information content (AvgIpc) is 3.23. The fourth-order valence-electron chi connectivity index (χ4n) is 6.62. The number of fused-ring (bicyclic) bond motifs is 1. The van der Waals surface area contributed by atoms with Gasteiger partial charge in [-0.1, -0.05) is 115 Å². The highest BCUT2D eigenvalue weighted by molar-refractivity contribution is 7.10. The SMILES string of the molecule is NCCCC[C@@H](NC(=O)[C@@H](Cc1ccccc1)NC(=O)[C@@H](Cc1ccccc1)NC(=O)Cc1ccc2ccccc2c1)C(=O)N[C@H](Cc1ccc(OP)cc1)C(=O)O. The first-order valence-electron chi connectivity index (χ1n) is 19.3. The maximum atomic E-state index is 14.2. The minimum atomic E-state index is -1.29. The van der Waals surface area contributed by atoms with Crippen molar-refractivity contribution in [1.82, 2.24) is 21.3 Å². The van der Waals surface area contributed by atoms with Crippen LogP contribution in [0.15, 0.2) is 127 Å². The lowest BCUT2D eigenvalue weighted by Gasteiger charge is -2.26. The molecule has 5 aromatic carbocycles. The number of rotatable bonds is 21. The van der Waals surface area contributed by atoms with E-state index in [1.807, 2.05) is 103 Å². The van der Waals surface area contributed by atoms with Gasteiger partial charge in [-0.2, -0.15) is 0 Å². The summed E-state index contributed by atoms with van der Waals surface area (Å²) >= 11 is 0. The van der Waals surface area contributed by atoms with Crippen LogP contribution < -0.4 is 31.5 Å². The van der Waals surface area contributed by atoms with Gasteiger partial charge >= 0.3 is 5.97 Å². The first-order valence-corrected chi connectivity index (χ1v) is 19.7. The van der Waals surface area contributed by atoms with E-state index in [4.69, 9.17) is 10.3 Å². The van der Waals surface area contributed by atoms with Crippen LogP contribution in [0.3, 0.4) is 0 Å². The standard InChI is InChI=1S/C45H50N5O7P/c46-24-10-9-17-37(42(52)50-40(45(55)56)28-32-19-22-36(57-58)23-20-32)48-44(54)39(27-31-13-5-2-6-14-31)49-43(53)38(26-30-11-3-1-4-12-30)47-41(51)29-33-18-21-34-15-7-8-16-35(34)25-33/h1-8,11-16,18-23,25,37-40H,9-10,17,24,26-29,46,58H2,(H,47,51)(H,48,54)(H,49,53)(H,50,52)(H,55,56)/t37-,38-,39-,40-/m1/s1. The van der Waals surface area contributed by atoms with E-state index in [-0.39, 0.29) is 38.0 Å². The first kappa shape index (κ1) is 43.0. The van der Waals surface area contributed by atoms with Crippen molar-refractivity contribution in [2.75, 3.05) is 6.54 Å². The number of hydrogen-bond acceptors (Lipinski definition) is 7. The van der Waals surface area contributed by atoms with Gasteiger partial charge in [0.1, 0.15) is 29.9 Å². The second-order valence-corrected chi connectivity index (χ2v) is 14.4. The van der Waals surface area contributed by atoms with Gasteiger partial charge in [-0.05, 0) is 71.0 Å². The molecule has 7 N–H and O–H groups in total. The lowest BCUT2D eigenvalue weighted by Crippen LogP contribution is -2.58. The van der Waals surface area contributed by atoms with Crippen LogP contribution in [0.4, 0.5) is 0 Å². The number of nitrogens with one attached hydrogen (secondary N) is 4. The molecule has 0 fully saturated rings. The number of hydrogen-bond donors (Lipinski definition) is 6. The number of benzene rings is 5. The third-order valence-electron chi connectivity index (χ3n) is 9.72. The van der Waals surface area contributed by atoms with Crippen LogP contribution in [0.25, 0.3) is 10.8 Å². The normalized spacial score (nSPS) is 13.0. The summed E-state index contributed by atoms with van der Waals surface area (Å²) in [5.74, 6) is -2.96. The highest BCUT2D eigenvalue weighted by atomic mass is 31.0. The van der Waals surface area contributed by atoms with Gasteiger partial charge in [0, 0.05) is 19.3 Å². The van der Waals surface area contributed by atoms with Gasteiger partial charge in [-0.3, -0.25) is 19.2 Å². The van der Waals surface area contributed by atoms with Gasteiger partial charge in [0.15, 0.2) is 0 Å². The van der Waals surface area contributed by atoms with Crippen LogP contribution in [0.2, 0.25) is 0 Å². The number of carbonyl (C=O) groups excluding carboxylic acids is 4. The van der Waals surface area contributed by atoms with Gasteiger partial charge in [-0.15, -0.1) is 0 Å². The zero-order chi connectivity index (χ0) is 41.3. The molecule has 12 nitrogen and oxygen atoms in total. The van der Waals surface area contributed by atoms with E-state index in [2.05, 4.69) is 30.7 Å². The molecule has 4 amide bonds. The molecule has 0 aromatic heterocycles. The fourth-order valence-corrected chi connectivity index (χ4v) is 6.77.